The molecule has 1 aliphatic rings. The van der Waals surface area contributed by atoms with Crippen molar-refractivity contribution in [3.63, 3.8) is 0 Å². The molecule has 0 radical (unpaired) electrons. The maximum Gasteiger partial charge on any atom is 0.0644 e. The van der Waals surface area contributed by atoms with Gasteiger partial charge in [-0.1, -0.05) is 12.2 Å². The highest BCUT2D eigenvalue weighted by atomic mass is 16.5. The SMILES string of the molecule is COCC=C[C@@H]1CCCN1. The van der Waals surface area contributed by atoms with E-state index in [-0.39, 0.29) is 0 Å². The summed E-state index contributed by atoms with van der Waals surface area (Å²) in [5.41, 5.74) is 0. The molecule has 2 nitrogen and oxygen atoms in total. The molecule has 0 spiro atoms. The molecule has 1 aliphatic heterocycles. The molecule has 0 aromatic carbocycles. The van der Waals surface area contributed by atoms with Gasteiger partial charge in [0.2, 0.25) is 0 Å². The van der Waals surface area contributed by atoms with Gasteiger partial charge in [0.15, 0.2) is 0 Å². The van der Waals surface area contributed by atoms with Crippen LogP contribution in [0.3, 0.4) is 0 Å². The van der Waals surface area contributed by atoms with Gasteiger partial charge < -0.3 is 10.1 Å². The van der Waals surface area contributed by atoms with E-state index < -0.39 is 0 Å². The van der Waals surface area contributed by atoms with E-state index in [0.717, 1.165) is 6.61 Å². The number of methoxy groups -OCH3 is 1. The lowest BCUT2D eigenvalue weighted by Crippen LogP contribution is -2.18. The monoisotopic (exact) mass is 141 g/mol. The molecule has 0 amide bonds. The van der Waals surface area contributed by atoms with Crippen LogP contribution in [0.1, 0.15) is 12.8 Å². The summed E-state index contributed by atoms with van der Waals surface area (Å²) in [6.07, 6.45) is 6.85. The molecular weight excluding hydrogens is 126 g/mol. The Labute approximate surface area is 62.3 Å². The van der Waals surface area contributed by atoms with Crippen LogP contribution in [-0.2, 0) is 4.74 Å². The molecule has 0 aliphatic carbocycles. The van der Waals surface area contributed by atoms with Crippen LogP contribution >= 0.6 is 0 Å². The predicted octanol–water partition coefficient (Wildman–Crippen LogP) is 0.941. The molecule has 0 unspecified atom stereocenters. The van der Waals surface area contributed by atoms with E-state index >= 15 is 0 Å². The van der Waals surface area contributed by atoms with Gasteiger partial charge in [-0.2, -0.15) is 0 Å². The van der Waals surface area contributed by atoms with E-state index in [1.807, 2.05) is 0 Å². The van der Waals surface area contributed by atoms with Crippen molar-refractivity contribution in [2.75, 3.05) is 20.3 Å². The zero-order valence-corrected chi connectivity index (χ0v) is 6.47. The van der Waals surface area contributed by atoms with Crippen LogP contribution < -0.4 is 5.32 Å². The molecular formula is C8H15NO. The summed E-state index contributed by atoms with van der Waals surface area (Å²) in [4.78, 5) is 0. The van der Waals surface area contributed by atoms with Crippen LogP contribution in [0.15, 0.2) is 12.2 Å². The van der Waals surface area contributed by atoms with Gasteiger partial charge in [0.1, 0.15) is 0 Å². The van der Waals surface area contributed by atoms with Crippen molar-refractivity contribution < 1.29 is 4.74 Å². The first-order valence-corrected chi connectivity index (χ1v) is 3.82. The van der Waals surface area contributed by atoms with Gasteiger partial charge in [-0.3, -0.25) is 0 Å². The first kappa shape index (κ1) is 7.76. The van der Waals surface area contributed by atoms with Crippen LogP contribution in [-0.4, -0.2) is 26.3 Å². The van der Waals surface area contributed by atoms with E-state index in [0.29, 0.717) is 6.04 Å². The van der Waals surface area contributed by atoms with Crippen molar-refractivity contribution in [3.05, 3.63) is 12.2 Å². The lowest BCUT2D eigenvalue weighted by molar-refractivity contribution is 0.233. The minimum absolute atomic E-state index is 0.607. The van der Waals surface area contributed by atoms with Gasteiger partial charge >= 0.3 is 0 Å². The lowest BCUT2D eigenvalue weighted by atomic mass is 10.2. The smallest absolute Gasteiger partial charge is 0.0644 e. The predicted molar refractivity (Wildman–Crippen MR) is 42.0 cm³/mol. The maximum absolute atomic E-state index is 4.89. The van der Waals surface area contributed by atoms with Crippen molar-refractivity contribution in [1.82, 2.24) is 5.32 Å². The lowest BCUT2D eigenvalue weighted by Gasteiger charge is -2.00. The molecule has 0 bridgehead atoms. The largest absolute Gasteiger partial charge is 0.381 e. The Morgan fingerprint density at radius 3 is 3.20 bits per heavy atom. The van der Waals surface area contributed by atoms with Crippen molar-refractivity contribution in [2.24, 2.45) is 0 Å². The molecule has 0 saturated carbocycles. The summed E-state index contributed by atoms with van der Waals surface area (Å²) in [7, 11) is 1.71. The fourth-order valence-corrected chi connectivity index (χ4v) is 1.19. The van der Waals surface area contributed by atoms with Crippen LogP contribution in [0.25, 0.3) is 0 Å². The number of ether oxygens (including phenoxy) is 1. The average Bonchev–Trinajstić information content (AvgIpc) is 2.41. The van der Waals surface area contributed by atoms with E-state index in [2.05, 4.69) is 17.5 Å². The third kappa shape index (κ3) is 2.50. The van der Waals surface area contributed by atoms with E-state index in [4.69, 9.17) is 4.74 Å². The molecule has 0 aromatic heterocycles. The minimum atomic E-state index is 0.607. The Bertz CT molecular complexity index is 106. The van der Waals surface area contributed by atoms with Gasteiger partial charge in [0, 0.05) is 13.2 Å². The Hall–Kier alpha value is -0.340. The minimum Gasteiger partial charge on any atom is -0.381 e. The van der Waals surface area contributed by atoms with Crippen molar-refractivity contribution in [3.8, 4) is 0 Å². The van der Waals surface area contributed by atoms with Crippen LogP contribution in [0, 0.1) is 0 Å². The number of nitrogens with one attached hydrogen (secondary N) is 1. The highest BCUT2D eigenvalue weighted by Crippen LogP contribution is 2.05. The second kappa shape index (κ2) is 4.47. The summed E-state index contributed by atoms with van der Waals surface area (Å²) in [5, 5.41) is 3.37. The summed E-state index contributed by atoms with van der Waals surface area (Å²) >= 11 is 0. The number of hydrogen-bond donors (Lipinski definition) is 1. The van der Waals surface area contributed by atoms with E-state index in [9.17, 15) is 0 Å². The molecule has 58 valence electrons. The third-order valence-corrected chi connectivity index (χ3v) is 1.73. The number of hydrogen-bond acceptors (Lipinski definition) is 2. The first-order chi connectivity index (χ1) is 4.93. The van der Waals surface area contributed by atoms with Gasteiger partial charge in [0.25, 0.3) is 0 Å². The molecule has 1 rings (SSSR count). The Morgan fingerprint density at radius 2 is 2.60 bits per heavy atom. The normalized spacial score (nSPS) is 26.3. The molecule has 1 heterocycles. The number of rotatable bonds is 3. The quantitative estimate of drug-likeness (QED) is 0.591. The fraction of sp³-hybridized carbons (Fsp3) is 0.750. The summed E-state index contributed by atoms with van der Waals surface area (Å²) in [5.74, 6) is 0. The fourth-order valence-electron chi connectivity index (χ4n) is 1.19. The highest BCUT2D eigenvalue weighted by molar-refractivity contribution is 4.95. The van der Waals surface area contributed by atoms with Crippen molar-refractivity contribution in [1.29, 1.82) is 0 Å². The maximum atomic E-state index is 4.89. The van der Waals surface area contributed by atoms with Crippen LogP contribution in [0.4, 0.5) is 0 Å². The third-order valence-electron chi connectivity index (χ3n) is 1.73. The molecule has 10 heavy (non-hydrogen) atoms. The second-order valence-corrected chi connectivity index (χ2v) is 2.59. The van der Waals surface area contributed by atoms with Crippen molar-refractivity contribution >= 4 is 0 Å². The standard InChI is InChI=1S/C8H15NO/c1-10-7-3-5-8-4-2-6-9-8/h3,5,8-9H,2,4,6-7H2,1H3/t8-/m0/s1. The topological polar surface area (TPSA) is 21.3 Å². The highest BCUT2D eigenvalue weighted by Gasteiger charge is 2.08. The zero-order chi connectivity index (χ0) is 7.23. The Balaban J connectivity index is 2.10. The summed E-state index contributed by atoms with van der Waals surface area (Å²) < 4.78 is 4.89. The van der Waals surface area contributed by atoms with Gasteiger partial charge in [-0.15, -0.1) is 0 Å². The van der Waals surface area contributed by atoms with Gasteiger partial charge in [-0.05, 0) is 19.4 Å². The molecule has 1 fully saturated rings. The Morgan fingerprint density at radius 1 is 1.70 bits per heavy atom. The van der Waals surface area contributed by atoms with E-state index in [1.54, 1.807) is 7.11 Å². The molecule has 1 N–H and O–H groups in total. The summed E-state index contributed by atoms with van der Waals surface area (Å²) in [6.45, 7) is 1.90. The average molecular weight is 141 g/mol. The molecule has 0 aromatic rings. The molecule has 1 saturated heterocycles. The van der Waals surface area contributed by atoms with Crippen molar-refractivity contribution in [2.45, 2.75) is 18.9 Å². The summed E-state index contributed by atoms with van der Waals surface area (Å²) in [6, 6.07) is 0.607. The van der Waals surface area contributed by atoms with Crippen LogP contribution in [0.5, 0.6) is 0 Å². The van der Waals surface area contributed by atoms with Gasteiger partial charge in [0.05, 0.1) is 6.61 Å². The molecule has 1 atom stereocenters. The van der Waals surface area contributed by atoms with Gasteiger partial charge in [-0.25, -0.2) is 0 Å². The zero-order valence-electron chi connectivity index (χ0n) is 6.47. The molecule has 2 heteroatoms. The van der Waals surface area contributed by atoms with Crippen LogP contribution in [0.2, 0.25) is 0 Å². The van der Waals surface area contributed by atoms with E-state index in [1.165, 1.54) is 19.4 Å². The Kier molecular flexibility index (Phi) is 3.47. The second-order valence-electron chi connectivity index (χ2n) is 2.59. The first-order valence-electron chi connectivity index (χ1n) is 3.82.